The molecule has 0 spiro atoms. The lowest BCUT2D eigenvalue weighted by Gasteiger charge is -2.32. The molecule has 0 saturated carbocycles. The molecule has 4 heteroatoms. The van der Waals surface area contributed by atoms with Crippen molar-refractivity contribution in [2.75, 3.05) is 26.7 Å². The molecule has 0 aliphatic carbocycles. The zero-order chi connectivity index (χ0) is 15.1. The zero-order valence-electron chi connectivity index (χ0n) is 13.7. The van der Waals surface area contributed by atoms with Crippen LogP contribution in [0.15, 0.2) is 12.1 Å². The standard InChI is InChI=1S/C17H29N3O/c1-4-10-18-12-15-8-9-17(19-14(15)2)21-13-16-7-5-6-11-20(16)3/h8-9,16,18H,4-7,10-13H2,1-3H3. The van der Waals surface area contributed by atoms with Crippen LogP contribution in [-0.4, -0.2) is 42.7 Å². The fraction of sp³-hybridized carbons (Fsp3) is 0.706. The van der Waals surface area contributed by atoms with Gasteiger partial charge in [-0.25, -0.2) is 4.98 Å². The van der Waals surface area contributed by atoms with E-state index in [0.717, 1.165) is 37.7 Å². The maximum atomic E-state index is 5.90. The topological polar surface area (TPSA) is 37.4 Å². The van der Waals surface area contributed by atoms with Crippen LogP contribution in [0.25, 0.3) is 0 Å². The first kappa shape index (κ1) is 16.2. The number of pyridine rings is 1. The summed E-state index contributed by atoms with van der Waals surface area (Å²) in [7, 11) is 2.19. The molecule has 118 valence electrons. The van der Waals surface area contributed by atoms with E-state index in [4.69, 9.17) is 4.74 Å². The smallest absolute Gasteiger partial charge is 0.213 e. The van der Waals surface area contributed by atoms with Crippen molar-refractivity contribution in [3.63, 3.8) is 0 Å². The third-order valence-corrected chi connectivity index (χ3v) is 4.26. The molecule has 1 saturated heterocycles. The Kier molecular flexibility index (Phi) is 6.46. The van der Waals surface area contributed by atoms with Crippen LogP contribution in [0.5, 0.6) is 5.88 Å². The first-order valence-corrected chi connectivity index (χ1v) is 8.21. The molecule has 1 atom stereocenters. The monoisotopic (exact) mass is 291 g/mol. The summed E-state index contributed by atoms with van der Waals surface area (Å²) in [6.45, 7) is 8.10. The quantitative estimate of drug-likeness (QED) is 0.784. The van der Waals surface area contributed by atoms with E-state index in [1.165, 1.54) is 31.4 Å². The number of ether oxygens (including phenoxy) is 1. The van der Waals surface area contributed by atoms with Gasteiger partial charge in [-0.1, -0.05) is 19.4 Å². The predicted molar refractivity (Wildman–Crippen MR) is 86.7 cm³/mol. The van der Waals surface area contributed by atoms with E-state index in [-0.39, 0.29) is 0 Å². The molecule has 2 heterocycles. The second kappa shape index (κ2) is 8.35. The van der Waals surface area contributed by atoms with E-state index in [2.05, 4.69) is 42.2 Å². The predicted octanol–water partition coefficient (Wildman–Crippen LogP) is 2.75. The van der Waals surface area contributed by atoms with Crippen LogP contribution in [0.1, 0.15) is 43.9 Å². The van der Waals surface area contributed by atoms with E-state index < -0.39 is 0 Å². The first-order chi connectivity index (χ1) is 10.2. The normalized spacial score (nSPS) is 19.7. The van der Waals surface area contributed by atoms with Gasteiger partial charge in [-0.15, -0.1) is 0 Å². The number of nitrogens with zero attached hydrogens (tertiary/aromatic N) is 2. The van der Waals surface area contributed by atoms with Crippen molar-refractivity contribution in [1.82, 2.24) is 15.2 Å². The number of piperidine rings is 1. The van der Waals surface area contributed by atoms with E-state index in [1.54, 1.807) is 0 Å². The van der Waals surface area contributed by atoms with Crippen LogP contribution in [0.2, 0.25) is 0 Å². The third kappa shape index (κ3) is 4.97. The highest BCUT2D eigenvalue weighted by molar-refractivity contribution is 5.24. The zero-order valence-corrected chi connectivity index (χ0v) is 13.7. The maximum absolute atomic E-state index is 5.90. The molecule has 21 heavy (non-hydrogen) atoms. The molecule has 1 N–H and O–H groups in total. The number of nitrogens with one attached hydrogen (secondary N) is 1. The Morgan fingerprint density at radius 3 is 2.95 bits per heavy atom. The molecule has 0 amide bonds. The highest BCUT2D eigenvalue weighted by Crippen LogP contribution is 2.17. The summed E-state index contributed by atoms with van der Waals surface area (Å²) in [6.07, 6.45) is 5.01. The number of aryl methyl sites for hydroxylation is 1. The molecule has 1 aromatic heterocycles. The van der Waals surface area contributed by atoms with Gasteiger partial charge in [0, 0.05) is 24.3 Å². The first-order valence-electron chi connectivity index (χ1n) is 8.21. The molecule has 0 bridgehead atoms. The number of rotatable bonds is 7. The van der Waals surface area contributed by atoms with Gasteiger partial charge in [0.25, 0.3) is 0 Å². The van der Waals surface area contributed by atoms with E-state index >= 15 is 0 Å². The van der Waals surface area contributed by atoms with Crippen LogP contribution in [-0.2, 0) is 6.54 Å². The Bertz CT molecular complexity index is 436. The number of likely N-dealkylation sites (tertiary alicyclic amines) is 1. The number of hydrogen-bond acceptors (Lipinski definition) is 4. The summed E-state index contributed by atoms with van der Waals surface area (Å²) in [4.78, 5) is 6.98. The van der Waals surface area contributed by atoms with Gasteiger partial charge in [0.15, 0.2) is 0 Å². The van der Waals surface area contributed by atoms with Crippen molar-refractivity contribution >= 4 is 0 Å². The average molecular weight is 291 g/mol. The minimum absolute atomic E-state index is 0.534. The third-order valence-electron chi connectivity index (χ3n) is 4.26. The average Bonchev–Trinajstić information content (AvgIpc) is 2.49. The Morgan fingerprint density at radius 1 is 1.38 bits per heavy atom. The van der Waals surface area contributed by atoms with Crippen molar-refractivity contribution in [2.45, 2.75) is 52.1 Å². The highest BCUT2D eigenvalue weighted by atomic mass is 16.5. The highest BCUT2D eigenvalue weighted by Gasteiger charge is 2.19. The second-order valence-electron chi connectivity index (χ2n) is 6.01. The van der Waals surface area contributed by atoms with Crippen LogP contribution < -0.4 is 10.1 Å². The van der Waals surface area contributed by atoms with Gasteiger partial charge in [-0.05, 0) is 51.9 Å². The molecule has 0 radical (unpaired) electrons. The van der Waals surface area contributed by atoms with Gasteiger partial charge in [-0.3, -0.25) is 0 Å². The summed E-state index contributed by atoms with van der Waals surface area (Å²) < 4.78 is 5.90. The second-order valence-corrected chi connectivity index (χ2v) is 6.01. The van der Waals surface area contributed by atoms with E-state index in [1.807, 2.05) is 6.07 Å². The van der Waals surface area contributed by atoms with Crippen molar-refractivity contribution in [3.05, 3.63) is 23.4 Å². The molecule has 1 aliphatic heterocycles. The molecule has 0 aromatic carbocycles. The summed E-state index contributed by atoms with van der Waals surface area (Å²) >= 11 is 0. The summed E-state index contributed by atoms with van der Waals surface area (Å²) in [5.74, 6) is 0.755. The SMILES string of the molecule is CCCNCc1ccc(OCC2CCCCN2C)nc1C. The molecular formula is C17H29N3O. The molecule has 1 unspecified atom stereocenters. The summed E-state index contributed by atoms with van der Waals surface area (Å²) in [6, 6.07) is 4.66. The minimum atomic E-state index is 0.534. The lowest BCUT2D eigenvalue weighted by atomic mass is 10.0. The molecule has 1 aromatic rings. The summed E-state index contributed by atoms with van der Waals surface area (Å²) in [5.41, 5.74) is 2.32. The van der Waals surface area contributed by atoms with E-state index in [0.29, 0.717) is 6.04 Å². The fourth-order valence-electron chi connectivity index (χ4n) is 2.77. The maximum Gasteiger partial charge on any atom is 0.213 e. The van der Waals surface area contributed by atoms with Crippen LogP contribution in [0.4, 0.5) is 0 Å². The Labute approximate surface area is 128 Å². The van der Waals surface area contributed by atoms with Gasteiger partial charge in [-0.2, -0.15) is 0 Å². The largest absolute Gasteiger partial charge is 0.476 e. The summed E-state index contributed by atoms with van der Waals surface area (Å²) in [5, 5.41) is 3.41. The molecule has 2 rings (SSSR count). The van der Waals surface area contributed by atoms with E-state index in [9.17, 15) is 0 Å². The fourth-order valence-corrected chi connectivity index (χ4v) is 2.77. The number of aromatic nitrogens is 1. The van der Waals surface area contributed by atoms with Gasteiger partial charge >= 0.3 is 0 Å². The Morgan fingerprint density at radius 2 is 2.24 bits per heavy atom. The Balaban J connectivity index is 1.84. The van der Waals surface area contributed by atoms with Crippen LogP contribution in [0, 0.1) is 6.92 Å². The van der Waals surface area contributed by atoms with Crippen LogP contribution in [0.3, 0.4) is 0 Å². The van der Waals surface area contributed by atoms with Crippen molar-refractivity contribution in [2.24, 2.45) is 0 Å². The molecular weight excluding hydrogens is 262 g/mol. The number of hydrogen-bond donors (Lipinski definition) is 1. The van der Waals surface area contributed by atoms with Gasteiger partial charge in [0.1, 0.15) is 6.61 Å². The number of likely N-dealkylation sites (N-methyl/N-ethyl adjacent to an activating group) is 1. The lowest BCUT2D eigenvalue weighted by Crippen LogP contribution is -2.40. The van der Waals surface area contributed by atoms with Crippen molar-refractivity contribution in [3.8, 4) is 5.88 Å². The molecule has 4 nitrogen and oxygen atoms in total. The van der Waals surface area contributed by atoms with Crippen LogP contribution >= 0.6 is 0 Å². The van der Waals surface area contributed by atoms with Gasteiger partial charge < -0.3 is 15.0 Å². The van der Waals surface area contributed by atoms with Gasteiger partial charge in [0.05, 0.1) is 0 Å². The minimum Gasteiger partial charge on any atom is -0.476 e. The Hall–Kier alpha value is -1.13. The molecule has 1 aliphatic rings. The van der Waals surface area contributed by atoms with Gasteiger partial charge in [0.2, 0.25) is 5.88 Å². The molecule has 1 fully saturated rings. The van der Waals surface area contributed by atoms with Crippen molar-refractivity contribution in [1.29, 1.82) is 0 Å². The van der Waals surface area contributed by atoms with Crippen molar-refractivity contribution < 1.29 is 4.74 Å². The lowest BCUT2D eigenvalue weighted by molar-refractivity contribution is 0.122.